The summed E-state index contributed by atoms with van der Waals surface area (Å²) in [6.45, 7) is 13.4. The molecule has 0 aliphatic heterocycles. The first-order valence-electron chi connectivity index (χ1n) is 23.5. The van der Waals surface area contributed by atoms with E-state index in [4.69, 9.17) is 9.47 Å². The van der Waals surface area contributed by atoms with Crippen LogP contribution in [-0.4, -0.2) is 61.4 Å². The predicted molar refractivity (Wildman–Crippen MR) is 232 cm³/mol. The average molecular weight is 762 g/mol. The summed E-state index contributed by atoms with van der Waals surface area (Å²) in [5.74, 6) is -0.0719. The lowest BCUT2D eigenvalue weighted by atomic mass is 9.95. The third-order valence-corrected chi connectivity index (χ3v) is 10.7. The third kappa shape index (κ3) is 34.8. The largest absolute Gasteiger partial charge is 0.465 e. The summed E-state index contributed by atoms with van der Waals surface area (Å²) in [4.78, 5) is 28.4. The van der Waals surface area contributed by atoms with Crippen LogP contribution in [0.1, 0.15) is 220 Å². The first kappa shape index (κ1) is 52.3. The van der Waals surface area contributed by atoms with Crippen LogP contribution >= 0.6 is 0 Å². The number of unbranched alkanes of at least 4 members (excludes halogenated alkanes) is 19. The number of esters is 2. The maximum atomic E-state index is 12.9. The Hall–Kier alpha value is -1.66. The molecular formula is C48H91NO5. The number of ether oxygens (including phenoxy) is 2. The first-order chi connectivity index (χ1) is 26.5. The number of aliphatic hydroxyl groups is 1. The number of carbonyl (C=O) groups is 2. The standard InChI is InChI=1S/C48H91NO5/c1-5-9-13-17-19-27-37-45(35-25-15-11-7-3)47(51)53-43-33-23-21-29-39-49(41-31-32-42-50)40-30-22-24-34-44-54-48(52)46(36-26-16-12-8-4)38-28-20-18-14-10-6-2/h11,15,28,38,45-46,50H,5-10,12-14,16-27,29-37,39-44H2,1-4H3/b15-11+,38-28+. The lowest BCUT2D eigenvalue weighted by Crippen LogP contribution is -2.27. The van der Waals surface area contributed by atoms with E-state index in [2.05, 4.69) is 56.9 Å². The Labute approximate surface area is 336 Å². The van der Waals surface area contributed by atoms with Crippen molar-refractivity contribution in [3.63, 3.8) is 0 Å². The van der Waals surface area contributed by atoms with Crippen LogP contribution in [0.15, 0.2) is 24.3 Å². The zero-order chi connectivity index (χ0) is 39.6. The highest BCUT2D eigenvalue weighted by Crippen LogP contribution is 2.20. The maximum absolute atomic E-state index is 12.9. The highest BCUT2D eigenvalue weighted by Gasteiger charge is 2.19. The van der Waals surface area contributed by atoms with Crippen LogP contribution in [0.3, 0.4) is 0 Å². The van der Waals surface area contributed by atoms with Crippen molar-refractivity contribution in [2.24, 2.45) is 11.8 Å². The molecule has 0 amide bonds. The van der Waals surface area contributed by atoms with Gasteiger partial charge in [0.15, 0.2) is 0 Å². The Morgan fingerprint density at radius 1 is 0.500 bits per heavy atom. The van der Waals surface area contributed by atoms with E-state index in [1.807, 2.05) is 0 Å². The van der Waals surface area contributed by atoms with Gasteiger partial charge in [-0.2, -0.15) is 0 Å². The fourth-order valence-electron chi connectivity index (χ4n) is 7.10. The molecule has 0 spiro atoms. The van der Waals surface area contributed by atoms with E-state index in [0.717, 1.165) is 135 Å². The van der Waals surface area contributed by atoms with Gasteiger partial charge in [0.1, 0.15) is 0 Å². The Bertz CT molecular complexity index is 858. The molecular weight excluding hydrogens is 671 g/mol. The SMILES string of the molecule is CC/C=C/CCC(CCCCCCCC)C(=O)OCCCCCCN(CCCCO)CCCCCCOC(=O)C(/C=C/CCCCCC)CCCCCC. The molecule has 2 atom stereocenters. The van der Waals surface area contributed by atoms with Crippen molar-refractivity contribution in [3.05, 3.63) is 24.3 Å². The van der Waals surface area contributed by atoms with Gasteiger partial charge in [-0.25, -0.2) is 0 Å². The minimum atomic E-state index is -0.0921. The molecule has 6 nitrogen and oxygen atoms in total. The van der Waals surface area contributed by atoms with Gasteiger partial charge < -0.3 is 19.5 Å². The lowest BCUT2D eigenvalue weighted by molar-refractivity contribution is -0.149. The zero-order valence-corrected chi connectivity index (χ0v) is 36.4. The second-order valence-electron chi connectivity index (χ2n) is 15.9. The van der Waals surface area contributed by atoms with Gasteiger partial charge in [0.25, 0.3) is 0 Å². The molecule has 0 aromatic heterocycles. The molecule has 0 aliphatic carbocycles. The summed E-state index contributed by atoms with van der Waals surface area (Å²) < 4.78 is 11.6. The molecule has 0 aromatic carbocycles. The van der Waals surface area contributed by atoms with Crippen LogP contribution in [0.4, 0.5) is 0 Å². The van der Waals surface area contributed by atoms with Crippen LogP contribution in [-0.2, 0) is 19.1 Å². The van der Waals surface area contributed by atoms with E-state index >= 15 is 0 Å². The van der Waals surface area contributed by atoms with Crippen molar-refractivity contribution >= 4 is 11.9 Å². The molecule has 0 rings (SSSR count). The van der Waals surface area contributed by atoms with E-state index in [0.29, 0.717) is 13.2 Å². The quantitative estimate of drug-likeness (QED) is 0.0379. The molecule has 1 N–H and O–H groups in total. The Kier molecular flexibility index (Phi) is 41.2. The molecule has 0 bridgehead atoms. The van der Waals surface area contributed by atoms with Gasteiger partial charge in [-0.05, 0) is 103 Å². The summed E-state index contributed by atoms with van der Waals surface area (Å²) >= 11 is 0. The van der Waals surface area contributed by atoms with Crippen LogP contribution in [0.25, 0.3) is 0 Å². The van der Waals surface area contributed by atoms with Gasteiger partial charge in [-0.3, -0.25) is 9.59 Å². The summed E-state index contributed by atoms with van der Waals surface area (Å²) in [7, 11) is 0. The van der Waals surface area contributed by atoms with E-state index < -0.39 is 0 Å². The summed E-state index contributed by atoms with van der Waals surface area (Å²) in [6.07, 6.45) is 42.4. The predicted octanol–water partition coefficient (Wildman–Crippen LogP) is 13.5. The molecule has 0 saturated carbocycles. The smallest absolute Gasteiger partial charge is 0.312 e. The van der Waals surface area contributed by atoms with E-state index in [9.17, 15) is 14.7 Å². The van der Waals surface area contributed by atoms with Gasteiger partial charge in [0.05, 0.1) is 25.0 Å². The number of rotatable bonds is 42. The van der Waals surface area contributed by atoms with Crippen molar-refractivity contribution < 1.29 is 24.2 Å². The number of nitrogens with zero attached hydrogens (tertiary/aromatic N) is 1. The second kappa shape index (κ2) is 42.5. The summed E-state index contributed by atoms with van der Waals surface area (Å²) in [5, 5.41) is 9.31. The molecule has 0 heterocycles. The molecule has 2 unspecified atom stereocenters. The summed E-state index contributed by atoms with van der Waals surface area (Å²) in [6, 6.07) is 0. The Morgan fingerprint density at radius 2 is 1.00 bits per heavy atom. The van der Waals surface area contributed by atoms with Gasteiger partial charge in [0.2, 0.25) is 0 Å². The van der Waals surface area contributed by atoms with Crippen molar-refractivity contribution in [2.75, 3.05) is 39.5 Å². The van der Waals surface area contributed by atoms with E-state index in [1.165, 1.54) is 77.0 Å². The molecule has 0 saturated heterocycles. The molecule has 0 aromatic rings. The van der Waals surface area contributed by atoms with E-state index in [-0.39, 0.29) is 30.4 Å². The van der Waals surface area contributed by atoms with Crippen LogP contribution in [0.5, 0.6) is 0 Å². The fraction of sp³-hybridized carbons (Fsp3) is 0.875. The van der Waals surface area contributed by atoms with E-state index in [1.54, 1.807) is 0 Å². The van der Waals surface area contributed by atoms with Gasteiger partial charge in [0, 0.05) is 6.61 Å². The number of hydrogen-bond donors (Lipinski definition) is 1. The normalized spacial score (nSPS) is 13.0. The summed E-state index contributed by atoms with van der Waals surface area (Å²) in [5.41, 5.74) is 0. The number of allylic oxidation sites excluding steroid dienone is 3. The second-order valence-corrected chi connectivity index (χ2v) is 15.9. The highest BCUT2D eigenvalue weighted by atomic mass is 16.5. The molecule has 318 valence electrons. The molecule has 6 heteroatoms. The number of hydrogen-bond acceptors (Lipinski definition) is 6. The monoisotopic (exact) mass is 762 g/mol. The lowest BCUT2D eigenvalue weighted by Gasteiger charge is -2.22. The maximum Gasteiger partial charge on any atom is 0.312 e. The number of aliphatic hydroxyl groups excluding tert-OH is 1. The Balaban J connectivity index is 4.41. The van der Waals surface area contributed by atoms with Gasteiger partial charge >= 0.3 is 11.9 Å². The molecule has 0 aliphatic rings. The van der Waals surface area contributed by atoms with Crippen molar-refractivity contribution in [3.8, 4) is 0 Å². The van der Waals surface area contributed by atoms with Gasteiger partial charge in [-0.15, -0.1) is 0 Å². The van der Waals surface area contributed by atoms with Crippen LogP contribution in [0, 0.1) is 11.8 Å². The molecule has 0 radical (unpaired) electrons. The number of carbonyl (C=O) groups excluding carboxylic acids is 2. The Morgan fingerprint density at radius 3 is 1.61 bits per heavy atom. The van der Waals surface area contributed by atoms with Crippen molar-refractivity contribution in [1.82, 2.24) is 4.90 Å². The topological polar surface area (TPSA) is 76.1 Å². The zero-order valence-electron chi connectivity index (χ0n) is 36.4. The van der Waals surface area contributed by atoms with Crippen molar-refractivity contribution in [1.29, 1.82) is 0 Å². The average Bonchev–Trinajstić information content (AvgIpc) is 3.17. The van der Waals surface area contributed by atoms with Gasteiger partial charge in [-0.1, -0.05) is 161 Å². The minimum absolute atomic E-state index is 0.0179. The first-order valence-corrected chi connectivity index (χ1v) is 23.5. The highest BCUT2D eigenvalue weighted by molar-refractivity contribution is 5.74. The third-order valence-electron chi connectivity index (χ3n) is 10.7. The van der Waals surface area contributed by atoms with Crippen LogP contribution < -0.4 is 0 Å². The molecule has 0 fully saturated rings. The molecule has 54 heavy (non-hydrogen) atoms. The van der Waals surface area contributed by atoms with Crippen LogP contribution in [0.2, 0.25) is 0 Å². The fourth-order valence-corrected chi connectivity index (χ4v) is 7.10. The minimum Gasteiger partial charge on any atom is -0.465 e. The van der Waals surface area contributed by atoms with Crippen molar-refractivity contribution in [2.45, 2.75) is 220 Å².